The van der Waals surface area contributed by atoms with Gasteiger partial charge in [-0.05, 0) is 5.56 Å². The highest BCUT2D eigenvalue weighted by Gasteiger charge is 2.17. The number of carbonyl (C=O) groups excluding carboxylic acids is 2. The van der Waals surface area contributed by atoms with Crippen molar-refractivity contribution in [1.29, 1.82) is 0 Å². The minimum atomic E-state index is -0.428. The number of hydrogen-bond acceptors (Lipinski definition) is 3. The van der Waals surface area contributed by atoms with Crippen molar-refractivity contribution in [2.75, 3.05) is 6.54 Å². The van der Waals surface area contributed by atoms with E-state index in [4.69, 9.17) is 5.73 Å². The second-order valence-corrected chi connectivity index (χ2v) is 4.42. The van der Waals surface area contributed by atoms with Crippen LogP contribution in [0.3, 0.4) is 0 Å². The number of primary amides is 1. The van der Waals surface area contributed by atoms with Crippen LogP contribution >= 0.6 is 0 Å². The van der Waals surface area contributed by atoms with E-state index in [1.807, 2.05) is 30.3 Å². The Balaban J connectivity index is 2.12. The van der Waals surface area contributed by atoms with Crippen LogP contribution in [0.15, 0.2) is 42.7 Å². The Labute approximate surface area is 116 Å². The molecule has 1 aromatic carbocycles. The number of nitrogens with zero attached hydrogens (tertiary/aromatic N) is 2. The van der Waals surface area contributed by atoms with E-state index in [1.54, 1.807) is 4.90 Å². The Morgan fingerprint density at radius 3 is 2.60 bits per heavy atom. The molecule has 2 aromatic rings. The fourth-order valence-corrected chi connectivity index (χ4v) is 1.85. The Bertz CT molecular complexity index is 566. The SMILES string of the molecule is NC(=O)CCN(Cc1ccccc1)C(=O)c1cn[nH]c1. The largest absolute Gasteiger partial charge is 0.370 e. The predicted molar refractivity (Wildman–Crippen MR) is 73.6 cm³/mol. The Hall–Kier alpha value is -2.63. The summed E-state index contributed by atoms with van der Waals surface area (Å²) in [7, 11) is 0. The molecule has 0 saturated heterocycles. The van der Waals surface area contributed by atoms with E-state index in [1.165, 1.54) is 12.4 Å². The third-order valence-corrected chi connectivity index (χ3v) is 2.88. The second kappa shape index (κ2) is 6.51. The summed E-state index contributed by atoms with van der Waals surface area (Å²) in [5.41, 5.74) is 6.62. The number of nitrogens with one attached hydrogen (secondary N) is 1. The maximum atomic E-state index is 12.3. The van der Waals surface area contributed by atoms with E-state index in [0.717, 1.165) is 5.56 Å². The maximum absolute atomic E-state index is 12.3. The summed E-state index contributed by atoms with van der Waals surface area (Å²) in [6, 6.07) is 9.59. The fourth-order valence-electron chi connectivity index (χ4n) is 1.85. The molecule has 0 fully saturated rings. The first kappa shape index (κ1) is 13.8. The van der Waals surface area contributed by atoms with E-state index >= 15 is 0 Å². The fraction of sp³-hybridized carbons (Fsp3) is 0.214. The van der Waals surface area contributed by atoms with E-state index in [-0.39, 0.29) is 18.9 Å². The van der Waals surface area contributed by atoms with Crippen LogP contribution in [0, 0.1) is 0 Å². The first-order valence-corrected chi connectivity index (χ1v) is 6.27. The van der Waals surface area contributed by atoms with E-state index in [9.17, 15) is 9.59 Å². The van der Waals surface area contributed by atoms with E-state index < -0.39 is 5.91 Å². The van der Waals surface area contributed by atoms with Gasteiger partial charge in [0.05, 0.1) is 11.8 Å². The summed E-state index contributed by atoms with van der Waals surface area (Å²) in [6.07, 6.45) is 3.13. The summed E-state index contributed by atoms with van der Waals surface area (Å²) in [5, 5.41) is 6.37. The average Bonchev–Trinajstić information content (AvgIpc) is 2.97. The standard InChI is InChI=1S/C14H16N4O2/c15-13(19)6-7-18(10-11-4-2-1-3-5-11)14(20)12-8-16-17-9-12/h1-5,8-9H,6-7,10H2,(H2,15,19)(H,16,17). The van der Waals surface area contributed by atoms with Gasteiger partial charge >= 0.3 is 0 Å². The monoisotopic (exact) mass is 272 g/mol. The zero-order chi connectivity index (χ0) is 14.4. The molecule has 0 atom stereocenters. The van der Waals surface area contributed by atoms with Gasteiger partial charge in [0.25, 0.3) is 5.91 Å². The molecule has 6 nitrogen and oxygen atoms in total. The molecule has 0 aliphatic carbocycles. The van der Waals surface area contributed by atoms with Crippen LogP contribution < -0.4 is 5.73 Å². The van der Waals surface area contributed by atoms with Crippen LogP contribution in [-0.2, 0) is 11.3 Å². The van der Waals surface area contributed by atoms with Gasteiger partial charge in [0.15, 0.2) is 0 Å². The number of H-pyrrole nitrogens is 1. The summed E-state index contributed by atoms with van der Waals surface area (Å²) < 4.78 is 0. The van der Waals surface area contributed by atoms with Crippen LogP contribution in [-0.4, -0.2) is 33.5 Å². The highest BCUT2D eigenvalue weighted by Crippen LogP contribution is 2.09. The van der Waals surface area contributed by atoms with E-state index in [2.05, 4.69) is 10.2 Å². The minimum absolute atomic E-state index is 0.135. The highest BCUT2D eigenvalue weighted by atomic mass is 16.2. The second-order valence-electron chi connectivity index (χ2n) is 4.42. The molecule has 104 valence electrons. The Morgan fingerprint density at radius 1 is 1.25 bits per heavy atom. The lowest BCUT2D eigenvalue weighted by Crippen LogP contribution is -2.33. The van der Waals surface area contributed by atoms with Gasteiger partial charge in [0.2, 0.25) is 5.91 Å². The molecule has 0 aliphatic heterocycles. The summed E-state index contributed by atoms with van der Waals surface area (Å²) in [5.74, 6) is -0.605. The van der Waals surface area contributed by atoms with Crippen LogP contribution in [0.4, 0.5) is 0 Å². The molecule has 0 aliphatic rings. The number of rotatable bonds is 6. The van der Waals surface area contributed by atoms with Gasteiger partial charge in [0, 0.05) is 25.7 Å². The molecular formula is C14H16N4O2. The molecule has 0 saturated carbocycles. The van der Waals surface area contributed by atoms with Crippen molar-refractivity contribution in [3.05, 3.63) is 53.9 Å². The third-order valence-electron chi connectivity index (χ3n) is 2.88. The maximum Gasteiger partial charge on any atom is 0.257 e. The van der Waals surface area contributed by atoms with Crippen molar-refractivity contribution in [3.63, 3.8) is 0 Å². The Morgan fingerprint density at radius 2 is 2.00 bits per heavy atom. The number of hydrogen-bond donors (Lipinski definition) is 2. The van der Waals surface area contributed by atoms with Crippen molar-refractivity contribution >= 4 is 11.8 Å². The minimum Gasteiger partial charge on any atom is -0.370 e. The number of nitrogens with two attached hydrogens (primary N) is 1. The van der Waals surface area contributed by atoms with Gasteiger partial charge in [-0.1, -0.05) is 30.3 Å². The normalized spacial score (nSPS) is 10.2. The van der Waals surface area contributed by atoms with Crippen molar-refractivity contribution in [2.45, 2.75) is 13.0 Å². The molecule has 2 amide bonds. The molecule has 0 spiro atoms. The molecule has 3 N–H and O–H groups in total. The van der Waals surface area contributed by atoms with Gasteiger partial charge in [-0.25, -0.2) is 0 Å². The lowest BCUT2D eigenvalue weighted by atomic mass is 10.2. The molecule has 6 heteroatoms. The quantitative estimate of drug-likeness (QED) is 0.819. The van der Waals surface area contributed by atoms with Crippen molar-refractivity contribution in [2.24, 2.45) is 5.73 Å². The smallest absolute Gasteiger partial charge is 0.257 e. The first-order valence-electron chi connectivity index (χ1n) is 6.27. The molecule has 0 bridgehead atoms. The van der Waals surface area contributed by atoms with Crippen LogP contribution in [0.25, 0.3) is 0 Å². The zero-order valence-electron chi connectivity index (χ0n) is 11.0. The van der Waals surface area contributed by atoms with Gasteiger partial charge in [0.1, 0.15) is 0 Å². The number of amides is 2. The lowest BCUT2D eigenvalue weighted by molar-refractivity contribution is -0.118. The highest BCUT2D eigenvalue weighted by molar-refractivity contribution is 5.93. The third kappa shape index (κ3) is 3.68. The molecule has 2 rings (SSSR count). The van der Waals surface area contributed by atoms with Gasteiger partial charge < -0.3 is 10.6 Å². The topological polar surface area (TPSA) is 92.1 Å². The number of carbonyl (C=O) groups is 2. The summed E-state index contributed by atoms with van der Waals surface area (Å²) in [4.78, 5) is 24.9. The number of aromatic nitrogens is 2. The molecule has 20 heavy (non-hydrogen) atoms. The predicted octanol–water partition coefficient (Wildman–Crippen LogP) is 0.927. The summed E-state index contributed by atoms with van der Waals surface area (Å²) in [6.45, 7) is 0.715. The zero-order valence-corrected chi connectivity index (χ0v) is 11.0. The first-order chi connectivity index (χ1) is 9.66. The number of aromatic amines is 1. The molecular weight excluding hydrogens is 256 g/mol. The van der Waals surface area contributed by atoms with Gasteiger partial charge in [-0.2, -0.15) is 5.10 Å². The van der Waals surface area contributed by atoms with Gasteiger partial charge in [-0.3, -0.25) is 14.7 Å². The molecule has 1 aromatic heterocycles. The van der Waals surface area contributed by atoms with Crippen LogP contribution in [0.2, 0.25) is 0 Å². The molecule has 0 unspecified atom stereocenters. The average molecular weight is 272 g/mol. The molecule has 1 heterocycles. The Kier molecular flexibility index (Phi) is 4.49. The lowest BCUT2D eigenvalue weighted by Gasteiger charge is -2.21. The van der Waals surface area contributed by atoms with Crippen molar-refractivity contribution in [1.82, 2.24) is 15.1 Å². The van der Waals surface area contributed by atoms with Crippen molar-refractivity contribution in [3.8, 4) is 0 Å². The number of benzene rings is 1. The van der Waals surface area contributed by atoms with Crippen LogP contribution in [0.1, 0.15) is 22.3 Å². The van der Waals surface area contributed by atoms with Gasteiger partial charge in [-0.15, -0.1) is 0 Å². The van der Waals surface area contributed by atoms with Crippen molar-refractivity contribution < 1.29 is 9.59 Å². The van der Waals surface area contributed by atoms with Crippen LogP contribution in [0.5, 0.6) is 0 Å². The summed E-state index contributed by atoms with van der Waals surface area (Å²) >= 11 is 0. The van der Waals surface area contributed by atoms with E-state index in [0.29, 0.717) is 12.1 Å². The molecule has 0 radical (unpaired) electrons.